The van der Waals surface area contributed by atoms with Crippen molar-refractivity contribution in [2.24, 2.45) is 0 Å². The van der Waals surface area contributed by atoms with Crippen LogP contribution in [0.3, 0.4) is 0 Å². The van der Waals surface area contributed by atoms with E-state index in [1.54, 1.807) is 0 Å². The zero-order chi connectivity index (χ0) is 12.5. The highest BCUT2D eigenvalue weighted by Crippen LogP contribution is 2.13. The van der Waals surface area contributed by atoms with Gasteiger partial charge in [-0.3, -0.25) is 0 Å². The number of nitrogens with zero attached hydrogens (tertiary/aromatic N) is 1. The van der Waals surface area contributed by atoms with Crippen molar-refractivity contribution in [2.75, 3.05) is 33.3 Å². The molecule has 0 saturated carbocycles. The minimum atomic E-state index is 0.488. The maximum absolute atomic E-state index is 5.75. The summed E-state index contributed by atoms with van der Waals surface area (Å²) in [5.74, 6) is 0. The van der Waals surface area contributed by atoms with Crippen molar-refractivity contribution >= 4 is 0 Å². The SMILES string of the molecule is CC(C)NCCCCN(C)CC1CCCCO1. The topological polar surface area (TPSA) is 24.5 Å². The fourth-order valence-electron chi connectivity index (χ4n) is 2.29. The van der Waals surface area contributed by atoms with Gasteiger partial charge in [0.15, 0.2) is 0 Å². The minimum Gasteiger partial charge on any atom is -0.377 e. The van der Waals surface area contributed by atoms with Gasteiger partial charge in [-0.2, -0.15) is 0 Å². The molecule has 3 nitrogen and oxygen atoms in total. The molecule has 1 saturated heterocycles. The molecule has 102 valence electrons. The summed E-state index contributed by atoms with van der Waals surface area (Å²) in [7, 11) is 2.22. The van der Waals surface area contributed by atoms with Crippen LogP contribution in [0.1, 0.15) is 46.0 Å². The number of likely N-dealkylation sites (N-methyl/N-ethyl adjacent to an activating group) is 1. The molecule has 0 aromatic heterocycles. The number of unbranched alkanes of at least 4 members (excludes halogenated alkanes) is 1. The van der Waals surface area contributed by atoms with Crippen molar-refractivity contribution in [3.8, 4) is 0 Å². The van der Waals surface area contributed by atoms with E-state index < -0.39 is 0 Å². The van der Waals surface area contributed by atoms with E-state index in [4.69, 9.17) is 4.74 Å². The second-order valence-corrected chi connectivity index (χ2v) is 5.57. The Labute approximate surface area is 107 Å². The molecule has 1 unspecified atom stereocenters. The molecule has 1 fully saturated rings. The smallest absolute Gasteiger partial charge is 0.0701 e. The fourth-order valence-corrected chi connectivity index (χ4v) is 2.29. The van der Waals surface area contributed by atoms with Gasteiger partial charge in [0.25, 0.3) is 0 Å². The summed E-state index contributed by atoms with van der Waals surface area (Å²) < 4.78 is 5.75. The average Bonchev–Trinajstić information content (AvgIpc) is 2.29. The van der Waals surface area contributed by atoms with E-state index in [9.17, 15) is 0 Å². The van der Waals surface area contributed by atoms with E-state index in [1.807, 2.05) is 0 Å². The highest BCUT2D eigenvalue weighted by molar-refractivity contribution is 4.67. The van der Waals surface area contributed by atoms with E-state index in [2.05, 4.69) is 31.1 Å². The molecule has 1 aliphatic rings. The van der Waals surface area contributed by atoms with E-state index in [1.165, 1.54) is 38.6 Å². The fraction of sp³-hybridized carbons (Fsp3) is 1.00. The molecule has 0 amide bonds. The third-order valence-corrected chi connectivity index (χ3v) is 3.31. The summed E-state index contributed by atoms with van der Waals surface area (Å²) in [6.45, 7) is 8.82. The van der Waals surface area contributed by atoms with E-state index >= 15 is 0 Å². The molecule has 0 radical (unpaired) electrons. The van der Waals surface area contributed by atoms with Crippen LogP contribution in [0.2, 0.25) is 0 Å². The van der Waals surface area contributed by atoms with Crippen molar-refractivity contribution in [3.05, 3.63) is 0 Å². The monoisotopic (exact) mass is 242 g/mol. The van der Waals surface area contributed by atoms with Crippen molar-refractivity contribution in [1.29, 1.82) is 0 Å². The first-order chi connectivity index (χ1) is 8.18. The molecule has 1 atom stereocenters. The van der Waals surface area contributed by atoms with Gasteiger partial charge in [-0.1, -0.05) is 13.8 Å². The molecule has 0 aromatic carbocycles. The molecule has 3 heteroatoms. The summed E-state index contributed by atoms with van der Waals surface area (Å²) >= 11 is 0. The first kappa shape index (κ1) is 14.9. The van der Waals surface area contributed by atoms with Gasteiger partial charge in [-0.15, -0.1) is 0 Å². The zero-order valence-electron chi connectivity index (χ0n) is 11.9. The molecule has 0 bridgehead atoms. The van der Waals surface area contributed by atoms with Crippen LogP contribution in [0.15, 0.2) is 0 Å². The number of hydrogen-bond donors (Lipinski definition) is 1. The van der Waals surface area contributed by atoms with Crippen LogP contribution in [0, 0.1) is 0 Å². The molecule has 17 heavy (non-hydrogen) atoms. The largest absolute Gasteiger partial charge is 0.377 e. The van der Waals surface area contributed by atoms with Crippen LogP contribution < -0.4 is 5.32 Å². The molecule has 1 N–H and O–H groups in total. The van der Waals surface area contributed by atoms with Gasteiger partial charge in [0.2, 0.25) is 0 Å². The zero-order valence-corrected chi connectivity index (χ0v) is 11.9. The predicted molar refractivity (Wildman–Crippen MR) is 73.5 cm³/mol. The van der Waals surface area contributed by atoms with Crippen LogP contribution in [0.5, 0.6) is 0 Å². The van der Waals surface area contributed by atoms with Crippen molar-refractivity contribution in [3.63, 3.8) is 0 Å². The highest BCUT2D eigenvalue weighted by Gasteiger charge is 2.15. The molecule has 0 aromatic rings. The summed E-state index contributed by atoms with van der Waals surface area (Å²) in [4.78, 5) is 2.42. The maximum Gasteiger partial charge on any atom is 0.0701 e. The normalized spacial score (nSPS) is 21.4. The Morgan fingerprint density at radius 2 is 2.12 bits per heavy atom. The standard InChI is InChI=1S/C14H30N2O/c1-13(2)15-9-5-6-10-16(3)12-14-8-4-7-11-17-14/h13-15H,4-12H2,1-3H3. The Hall–Kier alpha value is -0.120. The minimum absolute atomic E-state index is 0.488. The second-order valence-electron chi connectivity index (χ2n) is 5.57. The quantitative estimate of drug-likeness (QED) is 0.661. The molecule has 0 aliphatic carbocycles. The summed E-state index contributed by atoms with van der Waals surface area (Å²) in [6, 6.07) is 0.614. The van der Waals surface area contributed by atoms with Crippen LogP contribution in [-0.2, 0) is 4.74 Å². The van der Waals surface area contributed by atoms with Gasteiger partial charge in [-0.25, -0.2) is 0 Å². The van der Waals surface area contributed by atoms with Gasteiger partial charge < -0.3 is 15.0 Å². The van der Waals surface area contributed by atoms with Crippen LogP contribution in [-0.4, -0.2) is 50.3 Å². The first-order valence-electron chi connectivity index (χ1n) is 7.22. The molecule has 1 aliphatic heterocycles. The van der Waals surface area contributed by atoms with E-state index in [0.29, 0.717) is 12.1 Å². The summed E-state index contributed by atoms with van der Waals surface area (Å²) in [6.07, 6.45) is 6.89. The van der Waals surface area contributed by atoms with Gasteiger partial charge in [-0.05, 0) is 52.2 Å². The first-order valence-corrected chi connectivity index (χ1v) is 7.22. The lowest BCUT2D eigenvalue weighted by molar-refractivity contribution is -0.00158. The van der Waals surface area contributed by atoms with Crippen LogP contribution in [0.25, 0.3) is 0 Å². The predicted octanol–water partition coefficient (Wildman–Crippen LogP) is 2.27. The molecule has 1 rings (SSSR count). The van der Waals surface area contributed by atoms with Crippen molar-refractivity contribution in [1.82, 2.24) is 10.2 Å². The van der Waals surface area contributed by atoms with Crippen LogP contribution >= 0.6 is 0 Å². The average molecular weight is 242 g/mol. The third-order valence-electron chi connectivity index (χ3n) is 3.31. The number of nitrogens with one attached hydrogen (secondary N) is 1. The Bertz CT molecular complexity index is 179. The molecule has 1 heterocycles. The van der Waals surface area contributed by atoms with Crippen molar-refractivity contribution in [2.45, 2.75) is 58.1 Å². The lowest BCUT2D eigenvalue weighted by atomic mass is 10.1. The number of hydrogen-bond acceptors (Lipinski definition) is 3. The molecule has 0 spiro atoms. The van der Waals surface area contributed by atoms with Crippen LogP contribution in [0.4, 0.5) is 0 Å². The number of rotatable bonds is 8. The Morgan fingerprint density at radius 3 is 2.76 bits per heavy atom. The Balaban J connectivity index is 1.95. The van der Waals surface area contributed by atoms with Gasteiger partial charge >= 0.3 is 0 Å². The Kier molecular flexibility index (Phi) is 7.82. The summed E-state index contributed by atoms with van der Waals surface area (Å²) in [5.41, 5.74) is 0. The van der Waals surface area contributed by atoms with Gasteiger partial charge in [0.1, 0.15) is 0 Å². The lowest BCUT2D eigenvalue weighted by Gasteiger charge is -2.27. The van der Waals surface area contributed by atoms with Gasteiger partial charge in [0, 0.05) is 19.2 Å². The lowest BCUT2D eigenvalue weighted by Crippen LogP contribution is -2.34. The van der Waals surface area contributed by atoms with Crippen molar-refractivity contribution < 1.29 is 4.74 Å². The summed E-state index contributed by atoms with van der Waals surface area (Å²) in [5, 5.41) is 3.46. The molecular formula is C14H30N2O. The van der Waals surface area contributed by atoms with Gasteiger partial charge in [0.05, 0.1) is 6.10 Å². The van der Waals surface area contributed by atoms with E-state index in [-0.39, 0.29) is 0 Å². The molecular weight excluding hydrogens is 212 g/mol. The maximum atomic E-state index is 5.75. The third kappa shape index (κ3) is 7.74. The van der Waals surface area contributed by atoms with E-state index in [0.717, 1.165) is 19.7 Å². The number of ether oxygens (including phenoxy) is 1. The Morgan fingerprint density at radius 1 is 1.29 bits per heavy atom. The highest BCUT2D eigenvalue weighted by atomic mass is 16.5. The second kappa shape index (κ2) is 8.90.